The van der Waals surface area contributed by atoms with Gasteiger partial charge in [-0.05, 0) is 29.7 Å². The first-order valence-corrected chi connectivity index (χ1v) is 7.36. The molecule has 0 unspecified atom stereocenters. The smallest absolute Gasteiger partial charge is 0.339 e. The maximum atomic E-state index is 12.4. The number of aryl methyl sites for hydroxylation is 1. The summed E-state index contributed by atoms with van der Waals surface area (Å²) in [5, 5.41) is 2.87. The predicted molar refractivity (Wildman–Crippen MR) is 83.8 cm³/mol. The molecule has 1 amide bonds. The highest BCUT2D eigenvalue weighted by atomic mass is 16.5. The van der Waals surface area contributed by atoms with Gasteiger partial charge in [-0.15, -0.1) is 0 Å². The van der Waals surface area contributed by atoms with Gasteiger partial charge >= 0.3 is 5.97 Å². The number of esters is 1. The maximum Gasteiger partial charge on any atom is 0.339 e. The van der Waals surface area contributed by atoms with Gasteiger partial charge < -0.3 is 10.1 Å². The predicted octanol–water partition coefficient (Wildman–Crippen LogP) is 2.97. The van der Waals surface area contributed by atoms with E-state index in [-0.39, 0.29) is 5.91 Å². The third-order valence-corrected chi connectivity index (χ3v) is 3.84. The van der Waals surface area contributed by atoms with E-state index in [4.69, 9.17) is 4.74 Å². The fraction of sp³-hybridized carbons (Fsp3) is 0.222. The van der Waals surface area contributed by atoms with Crippen molar-refractivity contribution in [3.8, 4) is 0 Å². The van der Waals surface area contributed by atoms with Crippen LogP contribution in [0.2, 0.25) is 0 Å². The van der Waals surface area contributed by atoms with Crippen LogP contribution in [0.1, 0.15) is 28.4 Å². The molecular formula is C18H17NO3. The third kappa shape index (κ3) is 2.72. The Hall–Kier alpha value is -2.62. The molecule has 0 spiro atoms. The second-order valence-corrected chi connectivity index (χ2v) is 5.26. The molecule has 22 heavy (non-hydrogen) atoms. The zero-order valence-corrected chi connectivity index (χ0v) is 12.3. The van der Waals surface area contributed by atoms with Crippen LogP contribution in [-0.2, 0) is 22.4 Å². The SMILES string of the molecule is CCc1ccccc1NC(=O)[C@@H]1Cc2ccccc2C(=O)O1. The van der Waals surface area contributed by atoms with Gasteiger partial charge in [0, 0.05) is 12.1 Å². The van der Waals surface area contributed by atoms with Crippen LogP contribution in [0.5, 0.6) is 0 Å². The lowest BCUT2D eigenvalue weighted by Gasteiger charge is -2.24. The molecule has 0 bridgehead atoms. The van der Waals surface area contributed by atoms with E-state index < -0.39 is 12.1 Å². The molecule has 1 aliphatic rings. The van der Waals surface area contributed by atoms with Crippen LogP contribution < -0.4 is 5.32 Å². The molecule has 0 aromatic heterocycles. The number of fused-ring (bicyclic) bond motifs is 1. The molecule has 4 nitrogen and oxygen atoms in total. The Kier molecular flexibility index (Phi) is 3.92. The lowest BCUT2D eigenvalue weighted by Crippen LogP contribution is -2.38. The van der Waals surface area contributed by atoms with Crippen LogP contribution in [-0.4, -0.2) is 18.0 Å². The van der Waals surface area contributed by atoms with Gasteiger partial charge in [-0.1, -0.05) is 43.3 Å². The summed E-state index contributed by atoms with van der Waals surface area (Å²) >= 11 is 0. The minimum Gasteiger partial charge on any atom is -0.448 e. The van der Waals surface area contributed by atoms with Crippen molar-refractivity contribution in [1.29, 1.82) is 0 Å². The molecule has 112 valence electrons. The van der Waals surface area contributed by atoms with Crippen molar-refractivity contribution in [3.05, 3.63) is 65.2 Å². The Morgan fingerprint density at radius 3 is 2.73 bits per heavy atom. The van der Waals surface area contributed by atoms with Crippen LogP contribution in [0.25, 0.3) is 0 Å². The van der Waals surface area contributed by atoms with Crippen molar-refractivity contribution in [3.63, 3.8) is 0 Å². The van der Waals surface area contributed by atoms with Crippen LogP contribution in [0.15, 0.2) is 48.5 Å². The molecule has 1 aliphatic heterocycles. The van der Waals surface area contributed by atoms with Crippen LogP contribution in [0.3, 0.4) is 0 Å². The van der Waals surface area contributed by atoms with Gasteiger partial charge in [0.25, 0.3) is 5.91 Å². The Morgan fingerprint density at radius 1 is 1.18 bits per heavy atom. The van der Waals surface area contributed by atoms with E-state index in [1.807, 2.05) is 43.3 Å². The Balaban J connectivity index is 1.78. The van der Waals surface area contributed by atoms with E-state index >= 15 is 0 Å². The second kappa shape index (κ2) is 6.02. The highest BCUT2D eigenvalue weighted by molar-refractivity contribution is 6.00. The monoisotopic (exact) mass is 295 g/mol. The van der Waals surface area contributed by atoms with E-state index in [9.17, 15) is 9.59 Å². The van der Waals surface area contributed by atoms with E-state index in [0.717, 1.165) is 23.2 Å². The standard InChI is InChI=1S/C18H17NO3/c1-2-12-7-4-6-10-15(12)19-17(20)16-11-13-8-3-5-9-14(13)18(21)22-16/h3-10,16H,2,11H2,1H3,(H,19,20)/t16-/m0/s1. The maximum absolute atomic E-state index is 12.4. The lowest BCUT2D eigenvalue weighted by molar-refractivity contribution is -0.125. The molecule has 0 saturated carbocycles. The number of carbonyl (C=O) groups excluding carboxylic acids is 2. The van der Waals surface area contributed by atoms with Crippen molar-refractivity contribution in [2.24, 2.45) is 0 Å². The van der Waals surface area contributed by atoms with E-state index in [1.165, 1.54) is 0 Å². The molecule has 1 atom stereocenters. The fourth-order valence-corrected chi connectivity index (χ4v) is 2.64. The van der Waals surface area contributed by atoms with Gasteiger partial charge in [0.1, 0.15) is 0 Å². The van der Waals surface area contributed by atoms with Gasteiger partial charge in [-0.3, -0.25) is 4.79 Å². The number of benzene rings is 2. The largest absolute Gasteiger partial charge is 0.448 e. The summed E-state index contributed by atoms with van der Waals surface area (Å²) in [5.41, 5.74) is 3.21. The molecule has 2 aromatic carbocycles. The molecule has 1 N–H and O–H groups in total. The van der Waals surface area contributed by atoms with Crippen molar-refractivity contribution in [2.75, 3.05) is 5.32 Å². The zero-order chi connectivity index (χ0) is 15.5. The average molecular weight is 295 g/mol. The first kappa shape index (κ1) is 14.3. The number of para-hydroxylation sites is 1. The first-order valence-electron chi connectivity index (χ1n) is 7.36. The molecule has 0 radical (unpaired) electrons. The number of hydrogen-bond acceptors (Lipinski definition) is 3. The second-order valence-electron chi connectivity index (χ2n) is 5.26. The van der Waals surface area contributed by atoms with E-state index in [0.29, 0.717) is 12.0 Å². The summed E-state index contributed by atoms with van der Waals surface area (Å²) in [5.74, 6) is -0.727. The van der Waals surface area contributed by atoms with Crippen LogP contribution >= 0.6 is 0 Å². The number of cyclic esters (lactones) is 1. The Morgan fingerprint density at radius 2 is 1.91 bits per heavy atom. The van der Waals surface area contributed by atoms with Gasteiger partial charge in [-0.2, -0.15) is 0 Å². The van der Waals surface area contributed by atoms with E-state index in [2.05, 4.69) is 5.32 Å². The molecule has 0 saturated heterocycles. The molecule has 0 fully saturated rings. The average Bonchev–Trinajstić information content (AvgIpc) is 2.55. The third-order valence-electron chi connectivity index (χ3n) is 3.84. The summed E-state index contributed by atoms with van der Waals surface area (Å²) in [6.45, 7) is 2.03. The molecule has 2 aromatic rings. The Bertz CT molecular complexity index is 724. The highest BCUT2D eigenvalue weighted by Crippen LogP contribution is 2.22. The number of carbonyl (C=O) groups is 2. The minimum absolute atomic E-state index is 0.288. The molecular weight excluding hydrogens is 278 g/mol. The molecule has 1 heterocycles. The van der Waals surface area contributed by atoms with Crippen molar-refractivity contribution >= 4 is 17.6 Å². The van der Waals surface area contributed by atoms with Crippen molar-refractivity contribution in [1.82, 2.24) is 0 Å². The number of hydrogen-bond donors (Lipinski definition) is 1. The number of rotatable bonds is 3. The lowest BCUT2D eigenvalue weighted by atomic mass is 9.98. The highest BCUT2D eigenvalue weighted by Gasteiger charge is 2.31. The first-order chi connectivity index (χ1) is 10.7. The van der Waals surface area contributed by atoms with E-state index in [1.54, 1.807) is 12.1 Å². The van der Waals surface area contributed by atoms with Gasteiger partial charge in [0.05, 0.1) is 5.56 Å². The van der Waals surface area contributed by atoms with Crippen molar-refractivity contribution < 1.29 is 14.3 Å². The normalized spacial score (nSPS) is 16.6. The molecule has 4 heteroatoms. The van der Waals surface area contributed by atoms with Gasteiger partial charge in [0.15, 0.2) is 6.10 Å². The Labute approximate surface area is 129 Å². The summed E-state index contributed by atoms with van der Waals surface area (Å²) in [7, 11) is 0. The molecule has 3 rings (SSSR count). The van der Waals surface area contributed by atoms with Gasteiger partial charge in [0.2, 0.25) is 0 Å². The minimum atomic E-state index is -0.785. The number of anilines is 1. The van der Waals surface area contributed by atoms with Crippen LogP contribution in [0.4, 0.5) is 5.69 Å². The summed E-state index contributed by atoms with van der Waals surface area (Å²) < 4.78 is 5.27. The number of ether oxygens (including phenoxy) is 1. The fourth-order valence-electron chi connectivity index (χ4n) is 2.64. The van der Waals surface area contributed by atoms with Crippen LogP contribution in [0, 0.1) is 0 Å². The zero-order valence-electron chi connectivity index (χ0n) is 12.3. The molecule has 0 aliphatic carbocycles. The summed E-state index contributed by atoms with van der Waals surface area (Å²) in [6.07, 6.45) is 0.443. The quantitative estimate of drug-likeness (QED) is 0.886. The number of nitrogens with one attached hydrogen (secondary N) is 1. The van der Waals surface area contributed by atoms with Gasteiger partial charge in [-0.25, -0.2) is 4.79 Å². The number of amides is 1. The van der Waals surface area contributed by atoms with Crippen molar-refractivity contribution in [2.45, 2.75) is 25.9 Å². The summed E-state index contributed by atoms with van der Waals surface area (Å²) in [4.78, 5) is 24.4. The summed E-state index contributed by atoms with van der Waals surface area (Å²) in [6, 6.07) is 14.9. The topological polar surface area (TPSA) is 55.4 Å².